The molecule has 0 bridgehead atoms. The van der Waals surface area contributed by atoms with E-state index in [0.717, 1.165) is 0 Å². The predicted octanol–water partition coefficient (Wildman–Crippen LogP) is -0.0900. The molecule has 0 saturated carbocycles. The molecule has 2 heterocycles. The molecule has 4 heteroatoms. The molecule has 0 aromatic heterocycles. The van der Waals surface area contributed by atoms with Crippen molar-refractivity contribution in [2.75, 3.05) is 6.73 Å². The predicted molar refractivity (Wildman–Crippen MR) is 35.0 cm³/mol. The van der Waals surface area contributed by atoms with Gasteiger partial charge in [0.15, 0.2) is 12.6 Å². The van der Waals surface area contributed by atoms with Crippen molar-refractivity contribution in [2.45, 2.75) is 0 Å². The number of carbonyl (C=O) groups excluding carboxylic acids is 1. The number of hydrogen-bond acceptors (Lipinski definition) is 4. The summed E-state index contributed by atoms with van der Waals surface area (Å²) in [7, 11) is 0. The Bertz CT molecular complexity index is 275. The Morgan fingerprint density at radius 2 is 2.50 bits per heavy atom. The van der Waals surface area contributed by atoms with E-state index in [-0.39, 0.29) is 12.7 Å². The lowest BCUT2D eigenvalue weighted by Gasteiger charge is -2.07. The van der Waals surface area contributed by atoms with Crippen molar-refractivity contribution < 1.29 is 9.53 Å². The number of nitrogens with zero attached hydrogens (tertiary/aromatic N) is 2. The number of allylic oxidation sites excluding steroid dienone is 1. The molecule has 0 N–H and O–H groups in total. The molecule has 2 aliphatic rings. The molecule has 10 heavy (non-hydrogen) atoms. The Morgan fingerprint density at radius 3 is 3.30 bits per heavy atom. The molecule has 0 spiro atoms. The number of hydrogen-bond donors (Lipinski definition) is 0. The van der Waals surface area contributed by atoms with Gasteiger partial charge in [0.1, 0.15) is 5.57 Å². The van der Waals surface area contributed by atoms with Crippen LogP contribution < -0.4 is 0 Å². The van der Waals surface area contributed by atoms with Gasteiger partial charge in [0, 0.05) is 6.21 Å². The van der Waals surface area contributed by atoms with Crippen LogP contribution in [0.3, 0.4) is 0 Å². The Hall–Kier alpha value is -1.45. The van der Waals surface area contributed by atoms with Gasteiger partial charge in [-0.2, -0.15) is 0 Å². The van der Waals surface area contributed by atoms with Crippen molar-refractivity contribution in [3.63, 3.8) is 0 Å². The molecule has 0 fully saturated rings. The molecule has 0 aliphatic carbocycles. The van der Waals surface area contributed by atoms with Crippen molar-refractivity contribution in [2.24, 2.45) is 9.98 Å². The molecule has 0 unspecified atom stereocenters. The van der Waals surface area contributed by atoms with Crippen LogP contribution in [0.25, 0.3) is 0 Å². The standard InChI is InChI=1S/C6H4N2O2/c9-6-4-1-2-7-5(4)8-3-10-6/h1-2H,3H2. The van der Waals surface area contributed by atoms with Crippen LogP contribution in [0.5, 0.6) is 0 Å². The maximum absolute atomic E-state index is 10.8. The summed E-state index contributed by atoms with van der Waals surface area (Å²) in [4.78, 5) is 18.5. The van der Waals surface area contributed by atoms with E-state index >= 15 is 0 Å². The van der Waals surface area contributed by atoms with E-state index in [2.05, 4.69) is 14.7 Å². The quantitative estimate of drug-likeness (QED) is 0.437. The molecule has 0 amide bonds. The number of ether oxygens (including phenoxy) is 1. The Morgan fingerprint density at radius 1 is 1.60 bits per heavy atom. The van der Waals surface area contributed by atoms with Gasteiger partial charge in [-0.1, -0.05) is 0 Å². The second-order valence-corrected chi connectivity index (χ2v) is 1.90. The summed E-state index contributed by atoms with van der Waals surface area (Å²) in [5, 5.41) is 0. The van der Waals surface area contributed by atoms with Crippen LogP contribution in [0.1, 0.15) is 0 Å². The van der Waals surface area contributed by atoms with Crippen LogP contribution in [0.15, 0.2) is 21.6 Å². The highest BCUT2D eigenvalue weighted by molar-refractivity contribution is 6.26. The highest BCUT2D eigenvalue weighted by Gasteiger charge is 2.22. The molecule has 50 valence electrons. The highest BCUT2D eigenvalue weighted by atomic mass is 16.5. The number of carbonyl (C=O) groups is 1. The molecule has 0 aromatic carbocycles. The minimum atomic E-state index is -0.331. The number of aliphatic imine (C=N–C) groups is 2. The largest absolute Gasteiger partial charge is 0.439 e. The first-order valence-corrected chi connectivity index (χ1v) is 2.84. The second-order valence-electron chi connectivity index (χ2n) is 1.90. The van der Waals surface area contributed by atoms with Crippen LogP contribution in [-0.4, -0.2) is 24.8 Å². The van der Waals surface area contributed by atoms with E-state index in [1.54, 1.807) is 12.3 Å². The number of rotatable bonds is 0. The van der Waals surface area contributed by atoms with E-state index in [0.29, 0.717) is 11.4 Å². The summed E-state index contributed by atoms with van der Waals surface area (Å²) in [6, 6.07) is 0. The van der Waals surface area contributed by atoms with Gasteiger partial charge in [0.05, 0.1) is 0 Å². The van der Waals surface area contributed by atoms with Crippen LogP contribution in [0.2, 0.25) is 0 Å². The van der Waals surface area contributed by atoms with Gasteiger partial charge in [-0.3, -0.25) is 0 Å². The SMILES string of the molecule is O=C1OCN=C2N=CC=C12. The van der Waals surface area contributed by atoms with Crippen molar-refractivity contribution in [3.05, 3.63) is 11.6 Å². The van der Waals surface area contributed by atoms with E-state index < -0.39 is 0 Å². The summed E-state index contributed by atoms with van der Waals surface area (Å²) < 4.78 is 4.62. The van der Waals surface area contributed by atoms with Gasteiger partial charge in [-0.25, -0.2) is 14.8 Å². The zero-order chi connectivity index (χ0) is 6.97. The smallest absolute Gasteiger partial charge is 0.343 e. The molecule has 0 saturated heterocycles. The summed E-state index contributed by atoms with van der Waals surface area (Å²) in [5.41, 5.74) is 0.464. The first kappa shape index (κ1) is 5.34. The molecule has 0 atom stereocenters. The lowest BCUT2D eigenvalue weighted by Crippen LogP contribution is -2.18. The fraction of sp³-hybridized carbons (Fsp3) is 0.167. The summed E-state index contributed by atoms with van der Waals surface area (Å²) in [6.07, 6.45) is 3.14. The van der Waals surface area contributed by atoms with E-state index in [9.17, 15) is 4.79 Å². The van der Waals surface area contributed by atoms with Crippen LogP contribution in [-0.2, 0) is 9.53 Å². The van der Waals surface area contributed by atoms with E-state index in [1.807, 2.05) is 0 Å². The molecule has 0 radical (unpaired) electrons. The molecule has 0 aromatic rings. The minimum absolute atomic E-state index is 0.100. The van der Waals surface area contributed by atoms with Crippen molar-refractivity contribution in [1.82, 2.24) is 0 Å². The number of amidine groups is 1. The van der Waals surface area contributed by atoms with Gasteiger partial charge < -0.3 is 4.74 Å². The van der Waals surface area contributed by atoms with Gasteiger partial charge in [-0.05, 0) is 6.08 Å². The summed E-state index contributed by atoms with van der Waals surface area (Å²) >= 11 is 0. The van der Waals surface area contributed by atoms with Gasteiger partial charge >= 0.3 is 5.97 Å². The summed E-state index contributed by atoms with van der Waals surface area (Å²) in [5.74, 6) is 0.166. The van der Waals surface area contributed by atoms with Crippen LogP contribution >= 0.6 is 0 Å². The third kappa shape index (κ3) is 0.586. The Balaban J connectivity index is 2.46. The van der Waals surface area contributed by atoms with Gasteiger partial charge in [0.25, 0.3) is 0 Å². The number of cyclic esters (lactones) is 1. The lowest BCUT2D eigenvalue weighted by atomic mass is 10.2. The summed E-state index contributed by atoms with van der Waals surface area (Å²) in [6.45, 7) is 0.100. The topological polar surface area (TPSA) is 51.0 Å². The fourth-order valence-corrected chi connectivity index (χ4v) is 0.842. The third-order valence-electron chi connectivity index (χ3n) is 1.31. The first-order chi connectivity index (χ1) is 4.88. The number of fused-ring (bicyclic) bond motifs is 1. The molecule has 4 nitrogen and oxygen atoms in total. The first-order valence-electron chi connectivity index (χ1n) is 2.84. The number of esters is 1. The second kappa shape index (κ2) is 1.76. The molecular formula is C6H4N2O2. The van der Waals surface area contributed by atoms with Gasteiger partial charge in [-0.15, -0.1) is 0 Å². The minimum Gasteiger partial charge on any atom is -0.439 e. The third-order valence-corrected chi connectivity index (χ3v) is 1.31. The highest BCUT2D eigenvalue weighted by Crippen LogP contribution is 2.11. The lowest BCUT2D eigenvalue weighted by molar-refractivity contribution is -0.138. The zero-order valence-electron chi connectivity index (χ0n) is 5.07. The Kier molecular flexibility index (Phi) is 0.943. The fourth-order valence-electron chi connectivity index (χ4n) is 0.842. The monoisotopic (exact) mass is 136 g/mol. The normalized spacial score (nSPS) is 21.4. The molecule has 2 rings (SSSR count). The maximum atomic E-state index is 10.8. The average Bonchev–Trinajstić information content (AvgIpc) is 2.36. The van der Waals surface area contributed by atoms with Crippen molar-refractivity contribution in [1.29, 1.82) is 0 Å². The van der Waals surface area contributed by atoms with Crippen molar-refractivity contribution >= 4 is 18.0 Å². The molecular weight excluding hydrogens is 132 g/mol. The zero-order valence-corrected chi connectivity index (χ0v) is 5.07. The Labute approximate surface area is 56.9 Å². The van der Waals surface area contributed by atoms with Crippen LogP contribution in [0, 0.1) is 0 Å². The van der Waals surface area contributed by atoms with Crippen LogP contribution in [0.4, 0.5) is 0 Å². The average molecular weight is 136 g/mol. The molecule has 2 aliphatic heterocycles. The van der Waals surface area contributed by atoms with Gasteiger partial charge in [0.2, 0.25) is 0 Å². The van der Waals surface area contributed by atoms with E-state index in [4.69, 9.17) is 0 Å². The van der Waals surface area contributed by atoms with E-state index in [1.165, 1.54) is 0 Å². The van der Waals surface area contributed by atoms with Crippen molar-refractivity contribution in [3.8, 4) is 0 Å². The maximum Gasteiger partial charge on any atom is 0.343 e.